The van der Waals surface area contributed by atoms with Crippen molar-refractivity contribution in [3.8, 4) is 0 Å². The zero-order chi connectivity index (χ0) is 12.9. The van der Waals surface area contributed by atoms with E-state index in [1.54, 1.807) is 19.2 Å². The van der Waals surface area contributed by atoms with E-state index in [1.165, 1.54) is 15.6 Å². The van der Waals surface area contributed by atoms with Crippen LogP contribution in [-0.4, -0.2) is 39.5 Å². The maximum absolute atomic E-state index is 12.2. The Labute approximate surface area is 106 Å². The summed E-state index contributed by atoms with van der Waals surface area (Å²) in [5.74, 6) is 0. The highest BCUT2D eigenvalue weighted by atomic mass is 32.2. The summed E-state index contributed by atoms with van der Waals surface area (Å²) in [6, 6.07) is 3.36. The summed E-state index contributed by atoms with van der Waals surface area (Å²) in [5, 5.41) is 0. The molecule has 1 rings (SSSR count). The third-order valence-corrected chi connectivity index (χ3v) is 5.88. The van der Waals surface area contributed by atoms with Gasteiger partial charge in [0.25, 0.3) is 10.0 Å². The maximum atomic E-state index is 12.2. The fraction of sp³-hybridized carbons (Fsp3) is 0.600. The van der Waals surface area contributed by atoms with Gasteiger partial charge in [-0.1, -0.05) is 6.92 Å². The highest BCUT2D eigenvalue weighted by Crippen LogP contribution is 2.24. The minimum Gasteiger partial charge on any atom is -0.383 e. The Morgan fingerprint density at radius 3 is 2.65 bits per heavy atom. The van der Waals surface area contributed by atoms with Gasteiger partial charge in [-0.15, -0.1) is 11.3 Å². The van der Waals surface area contributed by atoms with E-state index in [1.807, 2.05) is 6.92 Å². The smallest absolute Gasteiger partial charge is 0.252 e. The van der Waals surface area contributed by atoms with Crippen LogP contribution < -0.4 is 5.73 Å². The molecule has 0 aliphatic heterocycles. The molecule has 1 aromatic heterocycles. The van der Waals surface area contributed by atoms with Crippen LogP contribution in [0.3, 0.4) is 0 Å². The Kier molecular flexibility index (Phi) is 5.54. The number of hydrogen-bond acceptors (Lipinski definition) is 5. The van der Waals surface area contributed by atoms with Crippen molar-refractivity contribution < 1.29 is 13.2 Å². The number of ether oxygens (including phenoxy) is 1. The molecule has 0 aliphatic carbocycles. The molecule has 0 bridgehead atoms. The van der Waals surface area contributed by atoms with E-state index in [4.69, 9.17) is 10.5 Å². The quantitative estimate of drug-likeness (QED) is 0.803. The largest absolute Gasteiger partial charge is 0.383 e. The van der Waals surface area contributed by atoms with Crippen LogP contribution in [0.25, 0.3) is 0 Å². The second-order valence-corrected chi connectivity index (χ2v) is 6.75. The fourth-order valence-corrected chi connectivity index (χ4v) is 4.20. The van der Waals surface area contributed by atoms with E-state index >= 15 is 0 Å². The Morgan fingerprint density at radius 2 is 2.18 bits per heavy atom. The number of nitrogens with two attached hydrogens (primary N) is 1. The summed E-state index contributed by atoms with van der Waals surface area (Å²) in [5.41, 5.74) is 5.48. The SMILES string of the molecule is CCN(CCOC)S(=O)(=O)c1ccc(CN)s1. The van der Waals surface area contributed by atoms with Crippen molar-refractivity contribution in [3.63, 3.8) is 0 Å². The first-order valence-corrected chi connectivity index (χ1v) is 7.59. The molecule has 1 heterocycles. The van der Waals surface area contributed by atoms with Gasteiger partial charge in [-0.05, 0) is 12.1 Å². The number of nitrogens with zero attached hydrogens (tertiary/aromatic N) is 1. The lowest BCUT2D eigenvalue weighted by atomic mass is 10.5. The average molecular weight is 278 g/mol. The van der Waals surface area contributed by atoms with Gasteiger partial charge in [0.05, 0.1) is 6.61 Å². The van der Waals surface area contributed by atoms with Crippen LogP contribution in [-0.2, 0) is 21.3 Å². The minimum absolute atomic E-state index is 0.343. The number of thiophene rings is 1. The topological polar surface area (TPSA) is 72.6 Å². The van der Waals surface area contributed by atoms with Crippen LogP contribution in [0.4, 0.5) is 0 Å². The lowest BCUT2D eigenvalue weighted by molar-refractivity contribution is 0.180. The third-order valence-electron chi connectivity index (χ3n) is 2.33. The van der Waals surface area contributed by atoms with Crippen molar-refractivity contribution in [1.29, 1.82) is 0 Å². The monoisotopic (exact) mass is 278 g/mol. The molecule has 98 valence electrons. The molecule has 2 N–H and O–H groups in total. The molecule has 0 saturated heterocycles. The summed E-state index contributed by atoms with van der Waals surface area (Å²) in [4.78, 5) is 0.867. The molecule has 0 radical (unpaired) electrons. The Hall–Kier alpha value is -0.470. The van der Waals surface area contributed by atoms with E-state index in [2.05, 4.69) is 0 Å². The zero-order valence-corrected chi connectivity index (χ0v) is 11.7. The molecule has 0 fully saturated rings. The van der Waals surface area contributed by atoms with Crippen LogP contribution in [0.2, 0.25) is 0 Å². The number of likely N-dealkylation sites (N-methyl/N-ethyl adjacent to an activating group) is 1. The van der Waals surface area contributed by atoms with Gasteiger partial charge < -0.3 is 10.5 Å². The first-order chi connectivity index (χ1) is 8.06. The lowest BCUT2D eigenvalue weighted by Gasteiger charge is -2.18. The predicted octanol–water partition coefficient (Wildman–Crippen LogP) is 0.864. The molecule has 7 heteroatoms. The van der Waals surface area contributed by atoms with Crippen LogP contribution in [0.5, 0.6) is 0 Å². The van der Waals surface area contributed by atoms with E-state index in [0.29, 0.717) is 30.5 Å². The molecular formula is C10H18N2O3S2. The first kappa shape index (κ1) is 14.6. The predicted molar refractivity (Wildman–Crippen MR) is 68.5 cm³/mol. The summed E-state index contributed by atoms with van der Waals surface area (Å²) in [7, 11) is -1.84. The number of hydrogen-bond donors (Lipinski definition) is 1. The highest BCUT2D eigenvalue weighted by Gasteiger charge is 2.24. The van der Waals surface area contributed by atoms with Crippen molar-refractivity contribution in [3.05, 3.63) is 17.0 Å². The van der Waals surface area contributed by atoms with Crippen LogP contribution in [0.1, 0.15) is 11.8 Å². The zero-order valence-electron chi connectivity index (χ0n) is 10.0. The molecular weight excluding hydrogens is 260 g/mol. The highest BCUT2D eigenvalue weighted by molar-refractivity contribution is 7.91. The molecule has 1 aromatic rings. The number of sulfonamides is 1. The summed E-state index contributed by atoms with van der Waals surface area (Å²) in [6.45, 7) is 3.37. The second kappa shape index (κ2) is 6.46. The summed E-state index contributed by atoms with van der Waals surface area (Å²) < 4.78 is 31.1. The van der Waals surface area contributed by atoms with Crippen LogP contribution >= 0.6 is 11.3 Å². The minimum atomic E-state index is -3.40. The van der Waals surface area contributed by atoms with E-state index < -0.39 is 10.0 Å². The van der Waals surface area contributed by atoms with Crippen molar-refractivity contribution in [2.45, 2.75) is 17.7 Å². The van der Waals surface area contributed by atoms with Gasteiger partial charge in [0.15, 0.2) is 0 Å². The second-order valence-electron chi connectivity index (χ2n) is 3.41. The average Bonchev–Trinajstić information content (AvgIpc) is 2.79. The fourth-order valence-electron chi connectivity index (χ4n) is 1.38. The first-order valence-electron chi connectivity index (χ1n) is 5.34. The molecule has 17 heavy (non-hydrogen) atoms. The molecule has 0 atom stereocenters. The van der Waals surface area contributed by atoms with Gasteiger partial charge in [0.2, 0.25) is 0 Å². The maximum Gasteiger partial charge on any atom is 0.252 e. The molecule has 0 aromatic carbocycles. The Morgan fingerprint density at radius 1 is 1.47 bits per heavy atom. The van der Waals surface area contributed by atoms with Crippen LogP contribution in [0, 0.1) is 0 Å². The number of rotatable bonds is 7. The van der Waals surface area contributed by atoms with Crippen LogP contribution in [0.15, 0.2) is 16.3 Å². The van der Waals surface area contributed by atoms with Gasteiger partial charge in [0, 0.05) is 31.6 Å². The van der Waals surface area contributed by atoms with Crippen molar-refractivity contribution in [2.24, 2.45) is 5.73 Å². The molecule has 5 nitrogen and oxygen atoms in total. The van der Waals surface area contributed by atoms with Gasteiger partial charge >= 0.3 is 0 Å². The van der Waals surface area contributed by atoms with Crippen molar-refractivity contribution in [1.82, 2.24) is 4.31 Å². The molecule has 0 amide bonds. The Balaban J connectivity index is 2.91. The van der Waals surface area contributed by atoms with E-state index in [-0.39, 0.29) is 0 Å². The van der Waals surface area contributed by atoms with E-state index in [9.17, 15) is 8.42 Å². The normalized spacial score (nSPS) is 12.2. The van der Waals surface area contributed by atoms with E-state index in [0.717, 1.165) is 4.88 Å². The van der Waals surface area contributed by atoms with Gasteiger partial charge in [-0.3, -0.25) is 0 Å². The molecule has 0 saturated carbocycles. The molecule has 0 aliphatic rings. The Bertz CT molecular complexity index is 442. The van der Waals surface area contributed by atoms with Gasteiger partial charge in [-0.2, -0.15) is 4.31 Å². The number of methoxy groups -OCH3 is 1. The molecule has 0 spiro atoms. The molecule has 0 unspecified atom stereocenters. The van der Waals surface area contributed by atoms with Gasteiger partial charge in [-0.25, -0.2) is 8.42 Å². The summed E-state index contributed by atoms with van der Waals surface area (Å²) in [6.07, 6.45) is 0. The van der Waals surface area contributed by atoms with Gasteiger partial charge in [0.1, 0.15) is 4.21 Å². The summed E-state index contributed by atoms with van der Waals surface area (Å²) >= 11 is 1.22. The van der Waals surface area contributed by atoms with Crippen molar-refractivity contribution >= 4 is 21.4 Å². The standard InChI is InChI=1S/C10H18N2O3S2/c1-3-12(6-7-15-2)17(13,14)10-5-4-9(8-11)16-10/h4-5H,3,6-8,11H2,1-2H3. The van der Waals surface area contributed by atoms with Crippen molar-refractivity contribution in [2.75, 3.05) is 26.8 Å². The lowest BCUT2D eigenvalue weighted by Crippen LogP contribution is -2.33. The third kappa shape index (κ3) is 3.49.